The fourth-order valence-corrected chi connectivity index (χ4v) is 3.30. The smallest absolute Gasteiger partial charge is 0.233 e. The topological polar surface area (TPSA) is 87.5 Å². The Morgan fingerprint density at radius 3 is 2.35 bits per heavy atom. The van der Waals surface area contributed by atoms with Crippen molar-refractivity contribution in [1.29, 1.82) is 0 Å². The van der Waals surface area contributed by atoms with Gasteiger partial charge in [-0.05, 0) is 32.1 Å². The Balaban J connectivity index is 0.00000242. The van der Waals surface area contributed by atoms with Gasteiger partial charge in [-0.15, -0.1) is 24.8 Å². The maximum atomic E-state index is 12.3. The van der Waals surface area contributed by atoms with Crippen molar-refractivity contribution < 1.29 is 9.59 Å². The van der Waals surface area contributed by atoms with E-state index in [9.17, 15) is 9.59 Å². The van der Waals surface area contributed by atoms with Crippen molar-refractivity contribution in [3.8, 4) is 0 Å². The van der Waals surface area contributed by atoms with E-state index in [2.05, 4.69) is 15.5 Å². The number of nitrogens with zero attached hydrogens (tertiary/aromatic N) is 1. The highest BCUT2D eigenvalue weighted by Crippen LogP contribution is 2.23. The maximum absolute atomic E-state index is 12.3. The van der Waals surface area contributed by atoms with E-state index >= 15 is 0 Å². The molecule has 2 aliphatic rings. The molecule has 0 aromatic rings. The average Bonchev–Trinajstić information content (AvgIpc) is 2.49. The number of carbonyl (C=O) groups is 2. The van der Waals surface area contributed by atoms with Crippen LogP contribution in [0.4, 0.5) is 0 Å². The second-order valence-corrected chi connectivity index (χ2v) is 6.36. The van der Waals surface area contributed by atoms with Crippen LogP contribution in [0.15, 0.2) is 0 Å². The first-order valence-electron chi connectivity index (χ1n) is 8.07. The number of hydrogen-bond donors (Lipinski definition) is 3. The number of carbonyl (C=O) groups excluding carboxylic acids is 2. The highest BCUT2D eigenvalue weighted by atomic mass is 35.5. The molecule has 2 fully saturated rings. The minimum Gasteiger partial charge on any atom is -0.358 e. The molecule has 136 valence electrons. The lowest BCUT2D eigenvalue weighted by Gasteiger charge is -2.33. The van der Waals surface area contributed by atoms with Gasteiger partial charge in [0.25, 0.3) is 0 Å². The van der Waals surface area contributed by atoms with Crippen LogP contribution >= 0.6 is 24.8 Å². The van der Waals surface area contributed by atoms with Gasteiger partial charge in [0.1, 0.15) is 0 Å². The van der Waals surface area contributed by atoms with Crippen molar-refractivity contribution in [3.05, 3.63) is 0 Å². The monoisotopic (exact) mass is 368 g/mol. The summed E-state index contributed by atoms with van der Waals surface area (Å²) in [6.07, 6.45) is 5.73. The van der Waals surface area contributed by atoms with Crippen LogP contribution < -0.4 is 16.4 Å². The summed E-state index contributed by atoms with van der Waals surface area (Å²) in [6.45, 7) is 2.18. The van der Waals surface area contributed by atoms with Gasteiger partial charge in [0, 0.05) is 38.1 Å². The molecular formula is C15H30Cl2N4O2. The van der Waals surface area contributed by atoms with Crippen molar-refractivity contribution >= 4 is 36.6 Å². The SMILES string of the molecule is CNC(=O)CN1CCC(NC(=O)C2CCCC(N)C2)CC1.Cl.Cl. The maximum Gasteiger partial charge on any atom is 0.233 e. The highest BCUT2D eigenvalue weighted by molar-refractivity contribution is 5.85. The molecule has 0 aromatic carbocycles. The molecule has 0 spiro atoms. The van der Waals surface area contributed by atoms with Crippen molar-refractivity contribution in [2.45, 2.75) is 50.6 Å². The van der Waals surface area contributed by atoms with Crippen LogP contribution in [0.25, 0.3) is 0 Å². The number of likely N-dealkylation sites (N-methyl/N-ethyl adjacent to an activating group) is 1. The number of rotatable bonds is 4. The molecule has 2 rings (SSSR count). The van der Waals surface area contributed by atoms with E-state index in [1.165, 1.54) is 0 Å². The van der Waals surface area contributed by atoms with Crippen LogP contribution in [-0.2, 0) is 9.59 Å². The van der Waals surface area contributed by atoms with E-state index in [0.717, 1.165) is 51.6 Å². The van der Waals surface area contributed by atoms with Crippen LogP contribution in [0.1, 0.15) is 38.5 Å². The van der Waals surface area contributed by atoms with E-state index in [-0.39, 0.29) is 54.6 Å². The van der Waals surface area contributed by atoms with Crippen molar-refractivity contribution in [1.82, 2.24) is 15.5 Å². The van der Waals surface area contributed by atoms with Crippen molar-refractivity contribution in [2.24, 2.45) is 11.7 Å². The zero-order chi connectivity index (χ0) is 15.2. The molecule has 1 saturated carbocycles. The van der Waals surface area contributed by atoms with Crippen LogP contribution in [0.5, 0.6) is 0 Å². The van der Waals surface area contributed by atoms with Gasteiger partial charge in [0.2, 0.25) is 11.8 Å². The summed E-state index contributed by atoms with van der Waals surface area (Å²) in [5.74, 6) is 0.321. The number of halogens is 2. The number of hydrogen-bond acceptors (Lipinski definition) is 4. The molecule has 0 radical (unpaired) electrons. The molecule has 2 unspecified atom stereocenters. The van der Waals surface area contributed by atoms with Gasteiger partial charge in [-0.25, -0.2) is 0 Å². The Morgan fingerprint density at radius 1 is 1.13 bits per heavy atom. The summed E-state index contributed by atoms with van der Waals surface area (Å²) < 4.78 is 0. The first-order valence-corrected chi connectivity index (χ1v) is 8.07. The van der Waals surface area contributed by atoms with Gasteiger partial charge in [-0.3, -0.25) is 14.5 Å². The fraction of sp³-hybridized carbons (Fsp3) is 0.867. The fourth-order valence-electron chi connectivity index (χ4n) is 3.30. The van der Waals surface area contributed by atoms with E-state index in [4.69, 9.17) is 5.73 Å². The van der Waals surface area contributed by atoms with Gasteiger partial charge in [-0.2, -0.15) is 0 Å². The number of amides is 2. The Morgan fingerprint density at radius 2 is 1.78 bits per heavy atom. The molecule has 8 heteroatoms. The highest BCUT2D eigenvalue weighted by Gasteiger charge is 2.28. The van der Waals surface area contributed by atoms with Crippen molar-refractivity contribution in [3.63, 3.8) is 0 Å². The molecule has 23 heavy (non-hydrogen) atoms. The minimum absolute atomic E-state index is 0. The molecule has 6 nitrogen and oxygen atoms in total. The standard InChI is InChI=1S/C15H28N4O2.2ClH/c1-17-14(20)10-19-7-5-13(6-8-19)18-15(21)11-3-2-4-12(16)9-11;;/h11-13H,2-10,16H2,1H3,(H,17,20)(H,18,21);2*1H. The first-order chi connectivity index (χ1) is 10.1. The molecule has 1 heterocycles. The van der Waals surface area contributed by atoms with Gasteiger partial charge in [0.05, 0.1) is 6.54 Å². The lowest BCUT2D eigenvalue weighted by molar-refractivity contribution is -0.127. The van der Waals surface area contributed by atoms with Gasteiger partial charge in [0.15, 0.2) is 0 Å². The van der Waals surface area contributed by atoms with Crippen LogP contribution in [0.3, 0.4) is 0 Å². The molecule has 4 N–H and O–H groups in total. The van der Waals surface area contributed by atoms with Gasteiger partial charge < -0.3 is 16.4 Å². The van der Waals surface area contributed by atoms with Crippen LogP contribution in [0, 0.1) is 5.92 Å². The lowest BCUT2D eigenvalue weighted by Crippen LogP contribution is -2.49. The summed E-state index contributed by atoms with van der Waals surface area (Å²) in [5, 5.41) is 5.82. The van der Waals surface area contributed by atoms with Gasteiger partial charge in [-0.1, -0.05) is 6.42 Å². The van der Waals surface area contributed by atoms with Crippen molar-refractivity contribution in [2.75, 3.05) is 26.7 Å². The van der Waals surface area contributed by atoms with E-state index in [1.54, 1.807) is 7.05 Å². The Bertz CT molecular complexity index is 376. The summed E-state index contributed by atoms with van der Waals surface area (Å²) in [4.78, 5) is 25.8. The molecule has 2 atom stereocenters. The van der Waals surface area contributed by atoms with Gasteiger partial charge >= 0.3 is 0 Å². The number of piperidine rings is 1. The third-order valence-electron chi connectivity index (χ3n) is 4.67. The second-order valence-electron chi connectivity index (χ2n) is 6.36. The number of likely N-dealkylation sites (tertiary alicyclic amines) is 1. The zero-order valence-corrected chi connectivity index (χ0v) is 15.4. The molecule has 1 saturated heterocycles. The lowest BCUT2D eigenvalue weighted by atomic mass is 9.85. The summed E-state index contributed by atoms with van der Waals surface area (Å²) in [6, 6.07) is 0.431. The van der Waals surface area contributed by atoms with E-state index < -0.39 is 0 Å². The third kappa shape index (κ3) is 7.25. The number of nitrogens with one attached hydrogen (secondary N) is 2. The summed E-state index contributed by atoms with van der Waals surface area (Å²) >= 11 is 0. The molecule has 1 aliphatic carbocycles. The zero-order valence-electron chi connectivity index (χ0n) is 13.8. The molecular weight excluding hydrogens is 339 g/mol. The molecule has 1 aliphatic heterocycles. The Labute approximate surface area is 151 Å². The van der Waals surface area contributed by atoms with Crippen LogP contribution in [-0.4, -0.2) is 55.5 Å². The predicted molar refractivity (Wildman–Crippen MR) is 96.1 cm³/mol. The number of nitrogens with two attached hydrogens (primary N) is 1. The average molecular weight is 369 g/mol. The third-order valence-corrected chi connectivity index (χ3v) is 4.67. The minimum atomic E-state index is 0. The second kappa shape index (κ2) is 11.1. The first kappa shape index (κ1) is 22.4. The van der Waals surface area contributed by atoms with Crippen LogP contribution in [0.2, 0.25) is 0 Å². The molecule has 2 amide bonds. The summed E-state index contributed by atoms with van der Waals surface area (Å²) in [7, 11) is 1.66. The Kier molecular flexibility index (Phi) is 10.8. The Hall–Kier alpha value is -0.560. The normalized spacial score (nSPS) is 25.7. The molecule has 0 bridgehead atoms. The largest absolute Gasteiger partial charge is 0.358 e. The molecule has 0 aromatic heterocycles. The van der Waals surface area contributed by atoms with E-state index in [1.807, 2.05) is 0 Å². The predicted octanol–water partition coefficient (Wildman–Crippen LogP) is 0.674. The van der Waals surface area contributed by atoms with E-state index in [0.29, 0.717) is 6.54 Å². The quantitative estimate of drug-likeness (QED) is 0.680. The summed E-state index contributed by atoms with van der Waals surface area (Å²) in [5.41, 5.74) is 5.95.